The zero-order valence-electron chi connectivity index (χ0n) is 12.3. The number of nitrogens with one attached hydrogen (secondary N) is 1. The highest BCUT2D eigenvalue weighted by Crippen LogP contribution is 2.25. The van der Waals surface area contributed by atoms with Gasteiger partial charge in [0.25, 0.3) is 10.0 Å². The second kappa shape index (κ2) is 6.10. The first-order valence-corrected chi connectivity index (χ1v) is 10.0. The number of sulfone groups is 1. The van der Waals surface area contributed by atoms with Crippen LogP contribution in [0.5, 0.6) is 0 Å². The van der Waals surface area contributed by atoms with Gasteiger partial charge in [-0.25, -0.2) is 16.8 Å². The minimum absolute atomic E-state index is 0.0486. The summed E-state index contributed by atoms with van der Waals surface area (Å²) >= 11 is 0. The fourth-order valence-electron chi connectivity index (χ4n) is 2.13. The van der Waals surface area contributed by atoms with Crippen molar-refractivity contribution in [1.82, 2.24) is 0 Å². The second-order valence-corrected chi connectivity index (χ2v) is 8.47. The third kappa shape index (κ3) is 3.48. The van der Waals surface area contributed by atoms with E-state index in [0.29, 0.717) is 12.0 Å². The molecule has 2 aromatic rings. The average molecular weight is 339 g/mol. The van der Waals surface area contributed by atoms with Crippen LogP contribution in [-0.2, 0) is 26.3 Å². The van der Waals surface area contributed by atoms with Crippen LogP contribution in [0.2, 0.25) is 0 Å². The van der Waals surface area contributed by atoms with E-state index in [-0.39, 0.29) is 15.5 Å². The molecule has 118 valence electrons. The lowest BCUT2D eigenvalue weighted by molar-refractivity contribution is 0.600. The van der Waals surface area contributed by atoms with Crippen molar-refractivity contribution in [3.8, 4) is 0 Å². The van der Waals surface area contributed by atoms with E-state index in [2.05, 4.69) is 4.72 Å². The van der Waals surface area contributed by atoms with Gasteiger partial charge >= 0.3 is 0 Å². The Morgan fingerprint density at radius 2 is 1.41 bits per heavy atom. The Labute approximate surface area is 131 Å². The van der Waals surface area contributed by atoms with Crippen molar-refractivity contribution in [1.29, 1.82) is 0 Å². The molecular weight excluding hydrogens is 322 g/mol. The minimum Gasteiger partial charge on any atom is -0.278 e. The number of benzene rings is 2. The predicted octanol–water partition coefficient (Wildman–Crippen LogP) is 2.45. The van der Waals surface area contributed by atoms with E-state index in [1.165, 1.54) is 18.2 Å². The lowest BCUT2D eigenvalue weighted by Gasteiger charge is -2.13. The van der Waals surface area contributed by atoms with E-state index in [0.717, 1.165) is 6.26 Å². The molecule has 0 atom stereocenters. The van der Waals surface area contributed by atoms with E-state index in [9.17, 15) is 16.8 Å². The van der Waals surface area contributed by atoms with Gasteiger partial charge in [0.1, 0.15) is 0 Å². The Morgan fingerprint density at radius 1 is 0.864 bits per heavy atom. The number of sulfonamides is 1. The second-order valence-electron chi connectivity index (χ2n) is 4.84. The molecule has 0 aliphatic carbocycles. The average Bonchev–Trinajstić information content (AvgIpc) is 2.46. The van der Waals surface area contributed by atoms with Crippen molar-refractivity contribution in [2.75, 3.05) is 11.0 Å². The van der Waals surface area contributed by atoms with E-state index >= 15 is 0 Å². The summed E-state index contributed by atoms with van der Waals surface area (Å²) < 4.78 is 51.0. The molecule has 0 saturated heterocycles. The lowest BCUT2D eigenvalue weighted by Crippen LogP contribution is -2.16. The van der Waals surface area contributed by atoms with Crippen LogP contribution in [0.1, 0.15) is 12.5 Å². The third-order valence-electron chi connectivity index (χ3n) is 3.17. The molecule has 0 saturated carbocycles. The molecule has 0 heterocycles. The molecule has 0 amide bonds. The largest absolute Gasteiger partial charge is 0.278 e. The molecule has 0 fully saturated rings. The van der Waals surface area contributed by atoms with Gasteiger partial charge in [0.05, 0.1) is 15.5 Å². The summed E-state index contributed by atoms with van der Waals surface area (Å²) in [5.41, 5.74) is 0.725. The van der Waals surface area contributed by atoms with Crippen LogP contribution in [-0.4, -0.2) is 23.1 Å². The molecule has 0 spiro atoms. The Bertz CT molecular complexity index is 887. The van der Waals surface area contributed by atoms with Gasteiger partial charge in [0, 0.05) is 6.26 Å². The van der Waals surface area contributed by atoms with Gasteiger partial charge in [0.15, 0.2) is 9.84 Å². The summed E-state index contributed by atoms with van der Waals surface area (Å²) in [6.07, 6.45) is 1.60. The monoisotopic (exact) mass is 339 g/mol. The molecular formula is C15H17NO4S2. The normalized spacial score (nSPS) is 12.1. The summed E-state index contributed by atoms with van der Waals surface area (Å²) in [5.74, 6) is 0. The molecule has 0 bridgehead atoms. The number of aryl methyl sites for hydroxylation is 1. The fourth-order valence-corrected chi connectivity index (χ4v) is 4.43. The molecule has 1 N–H and O–H groups in total. The maximum atomic E-state index is 12.6. The molecule has 0 radical (unpaired) electrons. The molecule has 0 aromatic heterocycles. The molecule has 2 rings (SSSR count). The van der Waals surface area contributed by atoms with Crippen molar-refractivity contribution < 1.29 is 16.8 Å². The first kappa shape index (κ1) is 16.5. The number of rotatable bonds is 5. The molecule has 0 aliphatic heterocycles. The van der Waals surface area contributed by atoms with Crippen LogP contribution >= 0.6 is 0 Å². The van der Waals surface area contributed by atoms with E-state index in [1.54, 1.807) is 30.3 Å². The highest BCUT2D eigenvalue weighted by Gasteiger charge is 2.21. The Balaban J connectivity index is 2.51. The van der Waals surface area contributed by atoms with Crippen molar-refractivity contribution >= 4 is 25.5 Å². The SMILES string of the molecule is CCc1ccccc1S(=O)(=O)Nc1ccccc1S(C)(=O)=O. The summed E-state index contributed by atoms with van der Waals surface area (Å²) in [7, 11) is -7.38. The van der Waals surface area contributed by atoms with Gasteiger partial charge in [-0.1, -0.05) is 37.3 Å². The van der Waals surface area contributed by atoms with E-state index in [4.69, 9.17) is 0 Å². The van der Waals surface area contributed by atoms with Gasteiger partial charge in [0.2, 0.25) is 0 Å². The van der Waals surface area contributed by atoms with Gasteiger partial charge < -0.3 is 0 Å². The minimum atomic E-state index is -3.85. The number of anilines is 1. The van der Waals surface area contributed by atoms with Gasteiger partial charge in [-0.15, -0.1) is 0 Å². The topological polar surface area (TPSA) is 80.3 Å². The highest BCUT2D eigenvalue weighted by atomic mass is 32.2. The van der Waals surface area contributed by atoms with Crippen LogP contribution in [0.3, 0.4) is 0 Å². The van der Waals surface area contributed by atoms with Crippen LogP contribution in [0.4, 0.5) is 5.69 Å². The third-order valence-corrected chi connectivity index (χ3v) is 5.79. The Hall–Kier alpha value is -1.86. The lowest BCUT2D eigenvalue weighted by atomic mass is 10.2. The number of hydrogen-bond donors (Lipinski definition) is 1. The summed E-state index contributed by atoms with van der Waals surface area (Å²) in [6, 6.07) is 12.6. The Kier molecular flexibility index (Phi) is 4.58. The van der Waals surface area contributed by atoms with Crippen molar-refractivity contribution in [3.63, 3.8) is 0 Å². The molecule has 22 heavy (non-hydrogen) atoms. The van der Waals surface area contributed by atoms with Crippen LogP contribution in [0, 0.1) is 0 Å². The molecule has 2 aromatic carbocycles. The first-order chi connectivity index (χ1) is 10.3. The maximum Gasteiger partial charge on any atom is 0.262 e. The van der Waals surface area contributed by atoms with Crippen molar-refractivity contribution in [2.24, 2.45) is 0 Å². The van der Waals surface area contributed by atoms with Gasteiger partial charge in [-0.2, -0.15) is 0 Å². The van der Waals surface area contributed by atoms with Crippen LogP contribution in [0.25, 0.3) is 0 Å². The van der Waals surface area contributed by atoms with Crippen molar-refractivity contribution in [2.45, 2.75) is 23.1 Å². The standard InChI is InChI=1S/C15H17NO4S2/c1-3-12-8-4-6-10-14(12)22(19,20)16-13-9-5-7-11-15(13)21(2,17)18/h4-11,16H,3H2,1-2H3. The Morgan fingerprint density at radius 3 is 2.00 bits per heavy atom. The first-order valence-electron chi connectivity index (χ1n) is 6.65. The summed E-state index contributed by atoms with van der Waals surface area (Å²) in [4.78, 5) is 0.105. The number of hydrogen-bond acceptors (Lipinski definition) is 4. The van der Waals surface area contributed by atoms with Crippen LogP contribution in [0.15, 0.2) is 58.3 Å². The predicted molar refractivity (Wildman–Crippen MR) is 86.2 cm³/mol. The molecule has 0 unspecified atom stereocenters. The molecule has 7 heteroatoms. The quantitative estimate of drug-likeness (QED) is 0.907. The number of para-hydroxylation sites is 1. The molecule has 0 aliphatic rings. The van der Waals surface area contributed by atoms with Crippen molar-refractivity contribution in [3.05, 3.63) is 54.1 Å². The zero-order chi connectivity index (χ0) is 16.4. The highest BCUT2D eigenvalue weighted by molar-refractivity contribution is 7.93. The molecule has 5 nitrogen and oxygen atoms in total. The fraction of sp³-hybridized carbons (Fsp3) is 0.200. The van der Waals surface area contributed by atoms with E-state index < -0.39 is 19.9 Å². The van der Waals surface area contributed by atoms with Gasteiger partial charge in [-0.05, 0) is 30.2 Å². The van der Waals surface area contributed by atoms with Crippen LogP contribution < -0.4 is 4.72 Å². The maximum absolute atomic E-state index is 12.6. The van der Waals surface area contributed by atoms with Gasteiger partial charge in [-0.3, -0.25) is 4.72 Å². The zero-order valence-corrected chi connectivity index (χ0v) is 13.9. The summed E-state index contributed by atoms with van der Waals surface area (Å²) in [5, 5.41) is 0. The smallest absolute Gasteiger partial charge is 0.262 e. The summed E-state index contributed by atoms with van der Waals surface area (Å²) in [6.45, 7) is 1.86. The van der Waals surface area contributed by atoms with E-state index in [1.807, 2.05) is 6.92 Å².